The molecule has 0 fully saturated rings. The molecule has 3 N–H and O–H groups in total. The highest BCUT2D eigenvalue weighted by Gasteiger charge is 2.51. The highest BCUT2D eigenvalue weighted by molar-refractivity contribution is 7.87. The van der Waals surface area contributed by atoms with Gasteiger partial charge in [0.25, 0.3) is 11.8 Å². The van der Waals surface area contributed by atoms with Crippen molar-refractivity contribution >= 4 is 38.4 Å². The van der Waals surface area contributed by atoms with E-state index in [2.05, 4.69) is 9.60 Å². The van der Waals surface area contributed by atoms with Crippen molar-refractivity contribution in [2.45, 2.75) is 44.0 Å². The van der Waals surface area contributed by atoms with E-state index in [9.17, 15) is 31.2 Å². The van der Waals surface area contributed by atoms with E-state index in [1.165, 1.54) is 18.2 Å². The van der Waals surface area contributed by atoms with Crippen LogP contribution < -0.4 is 11.1 Å². The Balaban J connectivity index is 1.77. The summed E-state index contributed by atoms with van der Waals surface area (Å²) in [5.74, 6) is -2.63. The summed E-state index contributed by atoms with van der Waals surface area (Å²) in [5, 5.41) is 3.49. The monoisotopic (exact) mass is 483 g/mol. The Hall–Kier alpha value is -3.12. The molecule has 0 saturated heterocycles. The number of hydroxylamine groups is 2. The minimum absolute atomic E-state index is 0.157. The molecule has 2 aromatic rings. The molecule has 33 heavy (non-hydrogen) atoms. The maximum atomic E-state index is 12.9. The molecule has 0 spiro atoms. The number of hydrogen-bond donors (Lipinski definition) is 2. The Morgan fingerprint density at radius 1 is 0.970 bits per heavy atom. The number of amides is 2. The highest BCUT2D eigenvalue weighted by atomic mass is 32.2. The lowest BCUT2D eigenvalue weighted by Gasteiger charge is -2.26. The lowest BCUT2D eigenvalue weighted by molar-refractivity contribution is -0.0761. The molecule has 2 aromatic carbocycles. The van der Waals surface area contributed by atoms with Crippen LogP contribution in [0, 0.1) is 0 Å². The molecule has 8 nitrogen and oxygen atoms in total. The van der Waals surface area contributed by atoms with Crippen LogP contribution in [0.3, 0.4) is 0 Å². The number of imide groups is 1. The number of hydrogen-bond acceptors (Lipinski definition) is 7. The molecule has 176 valence electrons. The predicted octanol–water partition coefficient (Wildman–Crippen LogP) is 4.15. The smallest absolute Gasteiger partial charge is 0.401 e. The van der Waals surface area contributed by atoms with E-state index in [1.807, 2.05) is 0 Å². The molecular weight excluding hydrogens is 463 g/mol. The first-order chi connectivity index (χ1) is 15.5. The van der Waals surface area contributed by atoms with Gasteiger partial charge in [-0.25, -0.2) is 0 Å². The molecule has 2 aliphatic rings. The average Bonchev–Trinajstić information content (AvgIpc) is 2.73. The van der Waals surface area contributed by atoms with Crippen LogP contribution in [0.15, 0.2) is 41.7 Å². The quantitative estimate of drug-likeness (QED) is 0.495. The van der Waals surface area contributed by atoms with Gasteiger partial charge in [0, 0.05) is 22.5 Å². The van der Waals surface area contributed by atoms with Gasteiger partial charge >= 0.3 is 15.6 Å². The van der Waals surface area contributed by atoms with Gasteiger partial charge in [-0.15, -0.1) is 9.35 Å². The maximum absolute atomic E-state index is 12.9. The average molecular weight is 483 g/mol. The standard InChI is InChI=1S/C21H20F3N3O5S/c22-21(23,24)33(30,31)32-27-19(28)14-7-5-6-12-10-13(11-15(18(12)14)20(27)29)26-17-9-4-2-1-3-8-16(17)25/h5-7,10-11,26H,1-4,8-9,25H2/b17-16-. The van der Waals surface area contributed by atoms with Gasteiger partial charge in [-0.2, -0.15) is 21.6 Å². The second-order valence-corrected chi connectivity index (χ2v) is 9.37. The summed E-state index contributed by atoms with van der Waals surface area (Å²) in [7, 11) is -6.24. The number of halogens is 3. The number of carbonyl (C=O) groups excluding carboxylic acids is 2. The molecule has 0 radical (unpaired) electrons. The van der Waals surface area contributed by atoms with E-state index in [0.717, 1.165) is 31.4 Å². The number of carbonyl (C=O) groups is 2. The molecule has 0 aromatic heterocycles. The third-order valence-electron chi connectivity index (χ3n) is 5.57. The van der Waals surface area contributed by atoms with Crippen molar-refractivity contribution in [1.82, 2.24) is 5.06 Å². The van der Waals surface area contributed by atoms with Gasteiger partial charge in [-0.1, -0.05) is 25.0 Å². The molecule has 1 aliphatic carbocycles. The number of rotatable bonds is 4. The number of alkyl halides is 3. The molecule has 12 heteroatoms. The summed E-state index contributed by atoms with van der Waals surface area (Å²) < 4.78 is 65.3. The van der Waals surface area contributed by atoms with Crippen LogP contribution in [0.5, 0.6) is 0 Å². The first kappa shape index (κ1) is 23.1. The largest absolute Gasteiger partial charge is 0.525 e. The van der Waals surface area contributed by atoms with Crippen LogP contribution in [0.1, 0.15) is 59.2 Å². The van der Waals surface area contributed by atoms with Crippen LogP contribution in [-0.2, 0) is 14.4 Å². The van der Waals surface area contributed by atoms with Gasteiger partial charge in [0.2, 0.25) is 0 Å². The SMILES string of the molecule is N/C1=C(\Nc2cc3c4c(cccc4c2)C(=O)N(OS(=O)(=O)C(F)(F)F)C3=O)CCCCCC1. The van der Waals surface area contributed by atoms with Gasteiger partial charge in [0.1, 0.15) is 0 Å². The fourth-order valence-electron chi connectivity index (χ4n) is 3.97. The van der Waals surface area contributed by atoms with E-state index in [-0.39, 0.29) is 21.6 Å². The zero-order chi connectivity index (χ0) is 24.0. The fraction of sp³-hybridized carbons (Fsp3) is 0.333. The number of nitrogens with zero attached hydrogens (tertiary/aromatic N) is 1. The Kier molecular flexibility index (Phi) is 5.83. The van der Waals surface area contributed by atoms with Crippen LogP contribution in [0.25, 0.3) is 10.8 Å². The highest BCUT2D eigenvalue weighted by Crippen LogP contribution is 2.35. The van der Waals surface area contributed by atoms with E-state index >= 15 is 0 Å². The Morgan fingerprint density at radius 2 is 1.64 bits per heavy atom. The summed E-state index contributed by atoms with van der Waals surface area (Å²) in [5.41, 5.74) is 1.94. The minimum Gasteiger partial charge on any atom is -0.401 e. The van der Waals surface area contributed by atoms with Crippen molar-refractivity contribution in [3.05, 3.63) is 52.9 Å². The van der Waals surface area contributed by atoms with E-state index in [0.29, 0.717) is 29.6 Å². The van der Waals surface area contributed by atoms with Crippen LogP contribution >= 0.6 is 0 Å². The second-order valence-electron chi connectivity index (χ2n) is 7.85. The minimum atomic E-state index is -6.24. The topological polar surface area (TPSA) is 119 Å². The first-order valence-corrected chi connectivity index (χ1v) is 11.6. The zero-order valence-corrected chi connectivity index (χ0v) is 18.1. The number of anilines is 1. The summed E-state index contributed by atoms with van der Waals surface area (Å²) in [6, 6.07) is 7.41. The number of allylic oxidation sites excluding steroid dienone is 2. The second kappa shape index (κ2) is 8.34. The molecule has 1 aliphatic heterocycles. The third-order valence-corrected chi connectivity index (χ3v) is 6.48. The number of benzene rings is 2. The summed E-state index contributed by atoms with van der Waals surface area (Å²) in [6.45, 7) is 0. The zero-order valence-electron chi connectivity index (χ0n) is 17.2. The van der Waals surface area contributed by atoms with Crippen molar-refractivity contribution in [2.24, 2.45) is 5.73 Å². The van der Waals surface area contributed by atoms with Crippen LogP contribution in [0.2, 0.25) is 0 Å². The number of nitrogens with two attached hydrogens (primary N) is 1. The normalized spacial score (nSPS) is 20.0. The molecule has 0 bridgehead atoms. The van der Waals surface area contributed by atoms with Crippen LogP contribution in [0.4, 0.5) is 18.9 Å². The van der Waals surface area contributed by atoms with E-state index < -0.39 is 27.4 Å². The Labute approximate surface area is 187 Å². The Morgan fingerprint density at radius 3 is 2.33 bits per heavy atom. The number of nitrogens with one attached hydrogen (secondary N) is 1. The predicted molar refractivity (Wildman–Crippen MR) is 113 cm³/mol. The molecule has 4 rings (SSSR count). The van der Waals surface area contributed by atoms with Gasteiger partial charge in [0.15, 0.2) is 0 Å². The third kappa shape index (κ3) is 4.27. The van der Waals surface area contributed by atoms with Crippen molar-refractivity contribution in [3.63, 3.8) is 0 Å². The lowest BCUT2D eigenvalue weighted by atomic mass is 9.94. The van der Waals surface area contributed by atoms with Gasteiger partial charge in [0.05, 0.1) is 11.1 Å². The van der Waals surface area contributed by atoms with Crippen LogP contribution in [-0.4, -0.2) is 30.8 Å². The van der Waals surface area contributed by atoms with Crippen molar-refractivity contribution in [2.75, 3.05) is 5.32 Å². The van der Waals surface area contributed by atoms with E-state index in [4.69, 9.17) is 5.73 Å². The summed E-state index contributed by atoms with van der Waals surface area (Å²) in [4.78, 5) is 25.6. The van der Waals surface area contributed by atoms with Crippen molar-refractivity contribution in [3.8, 4) is 0 Å². The molecule has 0 unspecified atom stereocenters. The molecule has 0 saturated carbocycles. The first-order valence-electron chi connectivity index (χ1n) is 10.2. The van der Waals surface area contributed by atoms with Gasteiger partial charge < -0.3 is 11.1 Å². The van der Waals surface area contributed by atoms with Gasteiger partial charge in [-0.05, 0) is 49.3 Å². The van der Waals surface area contributed by atoms with Crippen molar-refractivity contribution in [1.29, 1.82) is 0 Å². The molecule has 1 heterocycles. The molecule has 2 amide bonds. The summed E-state index contributed by atoms with van der Waals surface area (Å²) in [6.07, 6.45) is 5.38. The maximum Gasteiger partial charge on any atom is 0.525 e. The van der Waals surface area contributed by atoms with E-state index in [1.54, 1.807) is 12.1 Å². The summed E-state index contributed by atoms with van der Waals surface area (Å²) >= 11 is 0. The lowest BCUT2D eigenvalue weighted by Crippen LogP contribution is -2.44. The molecule has 0 atom stereocenters. The van der Waals surface area contributed by atoms with Crippen molar-refractivity contribution < 1.29 is 35.5 Å². The Bertz CT molecular complexity index is 1290. The molecular formula is C21H20F3N3O5S. The van der Waals surface area contributed by atoms with Gasteiger partial charge in [-0.3, -0.25) is 9.59 Å². The fourth-order valence-corrected chi connectivity index (χ4v) is 4.38.